The summed E-state index contributed by atoms with van der Waals surface area (Å²) >= 11 is 0. The summed E-state index contributed by atoms with van der Waals surface area (Å²) < 4.78 is 40.2. The fraction of sp³-hybridized carbons (Fsp3) is 0.400. The zero-order chi connectivity index (χ0) is 23.9. The minimum atomic E-state index is -2.91. The Morgan fingerprint density at radius 2 is 1.88 bits per heavy atom. The Hall–Kier alpha value is -3.78. The molecule has 1 saturated heterocycles. The van der Waals surface area contributed by atoms with Gasteiger partial charge in [0.15, 0.2) is 11.6 Å². The number of benzene rings is 1. The number of hydrogen-bond acceptors (Lipinski definition) is 11. The van der Waals surface area contributed by atoms with Crippen molar-refractivity contribution in [3.05, 3.63) is 29.8 Å². The smallest absolute Gasteiger partial charge is 0.296 e. The number of alkyl halides is 2. The number of halogens is 2. The molecular weight excluding hydrogens is 450 g/mol. The highest BCUT2D eigenvalue weighted by Crippen LogP contribution is 2.32. The first-order valence-corrected chi connectivity index (χ1v) is 10.5. The maximum atomic E-state index is 14.1. The molecule has 0 saturated carbocycles. The van der Waals surface area contributed by atoms with Gasteiger partial charge in [-0.15, -0.1) is 0 Å². The largest absolute Gasteiger partial charge is 0.494 e. The molecule has 1 atom stereocenters. The van der Waals surface area contributed by atoms with Crippen LogP contribution in [0, 0.1) is 0 Å². The van der Waals surface area contributed by atoms with Gasteiger partial charge in [0.05, 0.1) is 32.4 Å². The van der Waals surface area contributed by atoms with E-state index in [1.165, 1.54) is 17.9 Å². The van der Waals surface area contributed by atoms with Gasteiger partial charge in [-0.2, -0.15) is 15.0 Å². The second-order valence-corrected chi connectivity index (χ2v) is 7.77. The van der Waals surface area contributed by atoms with Crippen molar-refractivity contribution in [3.63, 3.8) is 0 Å². The molecular formula is C20H22F2N10O2. The minimum Gasteiger partial charge on any atom is -0.494 e. The van der Waals surface area contributed by atoms with Crippen molar-refractivity contribution in [2.45, 2.75) is 12.0 Å². The van der Waals surface area contributed by atoms with E-state index >= 15 is 0 Å². The molecule has 178 valence electrons. The van der Waals surface area contributed by atoms with Crippen LogP contribution in [0.5, 0.6) is 5.75 Å². The van der Waals surface area contributed by atoms with Crippen molar-refractivity contribution in [2.24, 2.45) is 21.5 Å². The number of morpholine rings is 1. The van der Waals surface area contributed by atoms with Gasteiger partial charge < -0.3 is 25.8 Å². The first kappa shape index (κ1) is 22.0. The molecule has 0 aliphatic carbocycles. The lowest BCUT2D eigenvalue weighted by Crippen LogP contribution is -2.47. The summed E-state index contributed by atoms with van der Waals surface area (Å²) in [4.78, 5) is 27.7. The minimum absolute atomic E-state index is 0.0363. The number of ether oxygens (including phenoxy) is 2. The van der Waals surface area contributed by atoms with Crippen LogP contribution in [-0.4, -0.2) is 76.6 Å². The number of nitrogens with two attached hydrogens (primary N) is 2. The molecule has 14 heteroatoms. The molecule has 4 N–H and O–H groups in total. The number of para-hydroxylation sites is 1. The SMILES string of the molecule is COc1cccc2c1nc(C(F)F)n2-c1nc(N2CCOCC2)nc(C2(N)C=NC(N)=NC2)n1. The van der Waals surface area contributed by atoms with Gasteiger partial charge in [0.25, 0.3) is 6.43 Å². The molecule has 1 unspecified atom stereocenters. The van der Waals surface area contributed by atoms with Gasteiger partial charge in [0.2, 0.25) is 17.9 Å². The Morgan fingerprint density at radius 3 is 2.56 bits per heavy atom. The average Bonchev–Trinajstić information content (AvgIpc) is 3.26. The number of guanidine groups is 1. The molecule has 0 radical (unpaired) electrons. The number of aromatic nitrogens is 5. The lowest BCUT2D eigenvalue weighted by molar-refractivity contribution is 0.122. The summed E-state index contributed by atoms with van der Waals surface area (Å²) in [5.41, 5.74) is 11.5. The average molecular weight is 472 g/mol. The Labute approximate surface area is 192 Å². The number of anilines is 1. The van der Waals surface area contributed by atoms with E-state index in [0.29, 0.717) is 37.6 Å². The molecule has 1 fully saturated rings. The summed E-state index contributed by atoms with van der Waals surface area (Å²) in [6, 6.07) is 4.96. The van der Waals surface area contributed by atoms with Gasteiger partial charge in [-0.1, -0.05) is 6.07 Å². The quantitative estimate of drug-likeness (QED) is 0.541. The van der Waals surface area contributed by atoms with Crippen LogP contribution < -0.4 is 21.1 Å². The number of methoxy groups -OCH3 is 1. The van der Waals surface area contributed by atoms with Gasteiger partial charge in [-0.05, 0) is 12.1 Å². The maximum absolute atomic E-state index is 14.1. The molecule has 3 aromatic rings. The van der Waals surface area contributed by atoms with Crippen LogP contribution in [0.4, 0.5) is 14.7 Å². The van der Waals surface area contributed by atoms with E-state index in [1.54, 1.807) is 18.2 Å². The molecule has 1 aromatic carbocycles. The Morgan fingerprint density at radius 1 is 1.12 bits per heavy atom. The lowest BCUT2D eigenvalue weighted by atomic mass is 10.0. The Bertz CT molecular complexity index is 1290. The maximum Gasteiger partial charge on any atom is 0.296 e. The molecule has 0 bridgehead atoms. The monoisotopic (exact) mass is 472 g/mol. The van der Waals surface area contributed by atoms with Crippen LogP contribution in [0.1, 0.15) is 18.1 Å². The summed E-state index contributed by atoms with van der Waals surface area (Å²) in [7, 11) is 1.44. The molecule has 2 aliphatic rings. The van der Waals surface area contributed by atoms with E-state index in [0.717, 1.165) is 0 Å². The summed E-state index contributed by atoms with van der Waals surface area (Å²) in [5, 5.41) is 0. The van der Waals surface area contributed by atoms with E-state index in [9.17, 15) is 8.78 Å². The van der Waals surface area contributed by atoms with Crippen molar-refractivity contribution >= 4 is 29.2 Å². The Balaban J connectivity index is 1.74. The third-order valence-electron chi connectivity index (χ3n) is 5.54. The molecule has 0 spiro atoms. The molecule has 2 aromatic heterocycles. The van der Waals surface area contributed by atoms with Gasteiger partial charge in [0.1, 0.15) is 16.8 Å². The van der Waals surface area contributed by atoms with Crippen LogP contribution in [-0.2, 0) is 10.3 Å². The van der Waals surface area contributed by atoms with Crippen molar-refractivity contribution in [1.29, 1.82) is 0 Å². The van der Waals surface area contributed by atoms with Gasteiger partial charge in [0, 0.05) is 19.3 Å². The highest BCUT2D eigenvalue weighted by atomic mass is 19.3. The van der Waals surface area contributed by atoms with Crippen LogP contribution in [0.15, 0.2) is 28.2 Å². The molecule has 2 aliphatic heterocycles. The number of imidazole rings is 1. The fourth-order valence-electron chi connectivity index (χ4n) is 3.78. The standard InChI is InChI=1S/C20H22F2N10O2/c1-33-12-4-2-3-11-13(12)27-15(14(21)22)32(11)19-29-16(20(24)9-25-17(23)26-10-20)28-18(30-19)31-5-7-34-8-6-31/h2-4,9,14H,5-8,10,24H2,1H3,(H2,23,26). The Kier molecular flexibility index (Phi) is 5.53. The zero-order valence-electron chi connectivity index (χ0n) is 18.2. The van der Waals surface area contributed by atoms with Crippen molar-refractivity contribution in [2.75, 3.05) is 44.9 Å². The topological polar surface area (TPSA) is 155 Å². The van der Waals surface area contributed by atoms with E-state index in [1.807, 2.05) is 4.90 Å². The molecule has 5 rings (SSSR count). The van der Waals surface area contributed by atoms with Crippen LogP contribution in [0.2, 0.25) is 0 Å². The molecule has 0 amide bonds. The number of rotatable bonds is 5. The van der Waals surface area contributed by atoms with Crippen LogP contribution in [0.3, 0.4) is 0 Å². The number of nitrogens with zero attached hydrogens (tertiary/aromatic N) is 8. The summed E-state index contributed by atoms with van der Waals surface area (Å²) in [5.74, 6) is 0.225. The van der Waals surface area contributed by atoms with Crippen molar-refractivity contribution in [1.82, 2.24) is 24.5 Å². The van der Waals surface area contributed by atoms with Gasteiger partial charge in [-0.3, -0.25) is 4.57 Å². The van der Waals surface area contributed by atoms with E-state index in [-0.39, 0.29) is 35.7 Å². The molecule has 34 heavy (non-hydrogen) atoms. The van der Waals surface area contributed by atoms with Gasteiger partial charge >= 0.3 is 0 Å². The number of fused-ring (bicyclic) bond motifs is 1. The highest BCUT2D eigenvalue weighted by molar-refractivity contribution is 5.92. The van der Waals surface area contributed by atoms with E-state index in [4.69, 9.17) is 20.9 Å². The summed E-state index contributed by atoms with van der Waals surface area (Å²) in [6.07, 6.45) is -1.50. The first-order valence-electron chi connectivity index (χ1n) is 10.5. The third-order valence-corrected chi connectivity index (χ3v) is 5.54. The predicted octanol–water partition coefficient (Wildman–Crippen LogP) is 0.546. The second-order valence-electron chi connectivity index (χ2n) is 7.77. The predicted molar refractivity (Wildman–Crippen MR) is 120 cm³/mol. The van der Waals surface area contributed by atoms with Crippen molar-refractivity contribution in [3.8, 4) is 11.7 Å². The first-order chi connectivity index (χ1) is 16.4. The van der Waals surface area contributed by atoms with Crippen LogP contribution in [0.25, 0.3) is 17.0 Å². The zero-order valence-corrected chi connectivity index (χ0v) is 18.2. The van der Waals surface area contributed by atoms with Gasteiger partial charge in [-0.25, -0.2) is 23.7 Å². The van der Waals surface area contributed by atoms with E-state index in [2.05, 4.69) is 29.9 Å². The van der Waals surface area contributed by atoms with E-state index < -0.39 is 17.8 Å². The lowest BCUT2D eigenvalue weighted by Gasteiger charge is -2.29. The third kappa shape index (κ3) is 3.80. The number of aliphatic imine (C=N–C) groups is 2. The second kappa shape index (κ2) is 8.53. The number of hydrogen-bond donors (Lipinski definition) is 2. The summed E-state index contributed by atoms with van der Waals surface area (Å²) in [6.45, 7) is 2.01. The highest BCUT2D eigenvalue weighted by Gasteiger charge is 2.34. The molecule has 12 nitrogen and oxygen atoms in total. The molecule has 4 heterocycles. The normalized spacial score (nSPS) is 20.7. The van der Waals surface area contributed by atoms with Crippen LogP contribution >= 0.6 is 0 Å². The van der Waals surface area contributed by atoms with Crippen molar-refractivity contribution < 1.29 is 18.3 Å². The fourth-order valence-corrected chi connectivity index (χ4v) is 3.78.